The normalized spacial score (nSPS) is 18.4. The molecule has 28 heavy (non-hydrogen) atoms. The van der Waals surface area contributed by atoms with Crippen molar-refractivity contribution in [2.75, 3.05) is 32.0 Å². The Morgan fingerprint density at radius 2 is 2.07 bits per heavy atom. The molecular formula is C19H20FN3O4S. The third-order valence-corrected chi connectivity index (χ3v) is 6.55. The van der Waals surface area contributed by atoms with E-state index >= 15 is 0 Å². The zero-order valence-electron chi connectivity index (χ0n) is 15.0. The molecule has 3 N–H and O–H groups in total. The fraction of sp³-hybridized carbons (Fsp3) is 0.263. The molecule has 2 heterocycles. The van der Waals surface area contributed by atoms with Gasteiger partial charge in [-0.05, 0) is 24.3 Å². The molecular weight excluding hydrogens is 385 g/mol. The van der Waals surface area contributed by atoms with Crippen molar-refractivity contribution in [2.24, 2.45) is 0 Å². The van der Waals surface area contributed by atoms with Crippen molar-refractivity contribution >= 4 is 26.6 Å². The van der Waals surface area contributed by atoms with E-state index in [0.717, 1.165) is 6.07 Å². The van der Waals surface area contributed by atoms with Gasteiger partial charge in [-0.25, -0.2) is 12.8 Å². The third kappa shape index (κ3) is 3.56. The van der Waals surface area contributed by atoms with Crippen molar-refractivity contribution in [1.82, 2.24) is 9.29 Å². The monoisotopic (exact) mass is 405 g/mol. The number of benzene rings is 2. The SMILES string of the molecule is Nc1cc(F)cc2c(S(=O)(=O)N3CCO[C@H](COc4ccccc4)C3)c[nH]c12. The first-order valence-electron chi connectivity index (χ1n) is 8.81. The second kappa shape index (κ2) is 7.42. The van der Waals surface area contributed by atoms with E-state index in [0.29, 0.717) is 11.3 Å². The van der Waals surface area contributed by atoms with E-state index in [2.05, 4.69) is 4.98 Å². The van der Waals surface area contributed by atoms with Gasteiger partial charge in [0.2, 0.25) is 10.0 Å². The van der Waals surface area contributed by atoms with Crippen molar-refractivity contribution in [3.05, 3.63) is 54.5 Å². The lowest BCUT2D eigenvalue weighted by molar-refractivity contribution is -0.0249. The summed E-state index contributed by atoms with van der Waals surface area (Å²) in [6.07, 6.45) is 0.941. The lowest BCUT2D eigenvalue weighted by atomic mass is 10.2. The zero-order valence-corrected chi connectivity index (χ0v) is 15.8. The Labute approximate surface area is 161 Å². The van der Waals surface area contributed by atoms with Crippen LogP contribution in [-0.4, -0.2) is 50.1 Å². The highest BCUT2D eigenvalue weighted by atomic mass is 32.2. The summed E-state index contributed by atoms with van der Waals surface area (Å²) >= 11 is 0. The van der Waals surface area contributed by atoms with Crippen LogP contribution in [0.1, 0.15) is 0 Å². The van der Waals surface area contributed by atoms with E-state index in [-0.39, 0.29) is 42.3 Å². The first-order valence-corrected chi connectivity index (χ1v) is 10.2. The summed E-state index contributed by atoms with van der Waals surface area (Å²) < 4.78 is 52.7. The minimum absolute atomic E-state index is 0.00155. The number of nitrogens with one attached hydrogen (secondary N) is 1. The number of fused-ring (bicyclic) bond motifs is 1. The molecule has 0 aliphatic carbocycles. The van der Waals surface area contributed by atoms with E-state index in [1.54, 1.807) is 0 Å². The number of nitrogens with two attached hydrogens (primary N) is 1. The number of H-pyrrole nitrogens is 1. The number of halogens is 1. The van der Waals surface area contributed by atoms with Crippen LogP contribution >= 0.6 is 0 Å². The average Bonchev–Trinajstić information content (AvgIpc) is 3.12. The number of aromatic nitrogens is 1. The van der Waals surface area contributed by atoms with Gasteiger partial charge >= 0.3 is 0 Å². The van der Waals surface area contributed by atoms with Crippen LogP contribution in [0.2, 0.25) is 0 Å². The molecule has 1 saturated heterocycles. The minimum Gasteiger partial charge on any atom is -0.491 e. The molecule has 1 atom stereocenters. The number of nitrogens with zero attached hydrogens (tertiary/aromatic N) is 1. The smallest absolute Gasteiger partial charge is 0.245 e. The summed E-state index contributed by atoms with van der Waals surface area (Å²) in [6, 6.07) is 11.6. The summed E-state index contributed by atoms with van der Waals surface area (Å²) in [6.45, 7) is 0.834. The zero-order chi connectivity index (χ0) is 19.7. The van der Waals surface area contributed by atoms with E-state index in [9.17, 15) is 12.8 Å². The van der Waals surface area contributed by atoms with Crippen LogP contribution in [0.15, 0.2) is 53.6 Å². The van der Waals surface area contributed by atoms with Crippen molar-refractivity contribution < 1.29 is 22.3 Å². The van der Waals surface area contributed by atoms with Crippen LogP contribution in [0.25, 0.3) is 10.9 Å². The van der Waals surface area contributed by atoms with Gasteiger partial charge in [-0.2, -0.15) is 4.31 Å². The number of sulfonamides is 1. The molecule has 1 aliphatic heterocycles. The van der Waals surface area contributed by atoms with Crippen LogP contribution < -0.4 is 10.5 Å². The lowest BCUT2D eigenvalue weighted by Gasteiger charge is -2.31. The van der Waals surface area contributed by atoms with Crippen molar-refractivity contribution in [3.8, 4) is 5.75 Å². The molecule has 0 unspecified atom stereocenters. The highest BCUT2D eigenvalue weighted by Gasteiger charge is 2.33. The molecule has 7 nitrogen and oxygen atoms in total. The Hall–Kier alpha value is -2.62. The highest BCUT2D eigenvalue weighted by molar-refractivity contribution is 7.89. The fourth-order valence-corrected chi connectivity index (χ4v) is 4.87. The molecule has 4 rings (SSSR count). The molecule has 148 valence electrons. The number of nitrogen functional groups attached to an aromatic ring is 1. The van der Waals surface area contributed by atoms with Gasteiger partial charge in [0.15, 0.2) is 0 Å². The Balaban J connectivity index is 1.54. The lowest BCUT2D eigenvalue weighted by Crippen LogP contribution is -2.47. The molecule has 0 bridgehead atoms. The Bertz CT molecular complexity index is 1090. The van der Waals surface area contributed by atoms with Gasteiger partial charge in [-0.15, -0.1) is 0 Å². The van der Waals surface area contributed by atoms with Crippen LogP contribution in [-0.2, 0) is 14.8 Å². The molecule has 0 radical (unpaired) electrons. The summed E-state index contributed by atoms with van der Waals surface area (Å²) in [5.41, 5.74) is 6.35. The molecule has 1 aliphatic rings. The number of para-hydroxylation sites is 1. The van der Waals surface area contributed by atoms with Crippen molar-refractivity contribution in [1.29, 1.82) is 0 Å². The second-order valence-electron chi connectivity index (χ2n) is 6.55. The quantitative estimate of drug-likeness (QED) is 0.635. The van der Waals surface area contributed by atoms with E-state index < -0.39 is 21.9 Å². The van der Waals surface area contributed by atoms with Crippen LogP contribution in [0.5, 0.6) is 5.75 Å². The molecule has 0 spiro atoms. The number of hydrogen-bond donors (Lipinski definition) is 2. The number of morpholine rings is 1. The highest BCUT2D eigenvalue weighted by Crippen LogP contribution is 2.30. The van der Waals surface area contributed by atoms with Gasteiger partial charge in [0.1, 0.15) is 29.2 Å². The van der Waals surface area contributed by atoms with Crippen LogP contribution in [0.3, 0.4) is 0 Å². The van der Waals surface area contributed by atoms with Gasteiger partial charge in [0.05, 0.1) is 17.8 Å². The Morgan fingerprint density at radius 3 is 2.86 bits per heavy atom. The predicted octanol–water partition coefficient (Wildman–Crippen LogP) is 2.36. The van der Waals surface area contributed by atoms with Crippen molar-refractivity contribution in [3.63, 3.8) is 0 Å². The largest absolute Gasteiger partial charge is 0.491 e. The van der Waals surface area contributed by atoms with Gasteiger partial charge in [0.25, 0.3) is 0 Å². The van der Waals surface area contributed by atoms with Crippen LogP contribution in [0.4, 0.5) is 10.1 Å². The predicted molar refractivity (Wildman–Crippen MR) is 103 cm³/mol. The number of hydrogen-bond acceptors (Lipinski definition) is 5. The maximum Gasteiger partial charge on any atom is 0.245 e. The molecule has 0 amide bonds. The van der Waals surface area contributed by atoms with Gasteiger partial charge in [-0.1, -0.05) is 18.2 Å². The average molecular weight is 405 g/mol. The van der Waals surface area contributed by atoms with Gasteiger partial charge in [0, 0.05) is 24.7 Å². The second-order valence-corrected chi connectivity index (χ2v) is 8.46. The van der Waals surface area contributed by atoms with Crippen molar-refractivity contribution in [2.45, 2.75) is 11.0 Å². The molecule has 1 aromatic heterocycles. The summed E-state index contributed by atoms with van der Waals surface area (Å²) in [5, 5.41) is 0.237. The summed E-state index contributed by atoms with van der Waals surface area (Å²) in [4.78, 5) is 2.83. The number of aromatic amines is 1. The first-order chi connectivity index (χ1) is 13.4. The summed E-state index contributed by atoms with van der Waals surface area (Å²) in [7, 11) is -3.85. The van der Waals surface area contributed by atoms with E-state index in [1.165, 1.54) is 16.6 Å². The third-order valence-electron chi connectivity index (χ3n) is 4.65. The van der Waals surface area contributed by atoms with Crippen LogP contribution in [0, 0.1) is 5.82 Å². The number of anilines is 1. The fourth-order valence-electron chi connectivity index (χ4n) is 3.27. The Morgan fingerprint density at radius 1 is 1.29 bits per heavy atom. The number of rotatable bonds is 5. The summed E-state index contributed by atoms with van der Waals surface area (Å²) in [5.74, 6) is 0.103. The molecule has 0 saturated carbocycles. The molecule has 1 fully saturated rings. The molecule has 2 aromatic carbocycles. The maximum absolute atomic E-state index is 13.8. The molecule has 9 heteroatoms. The first kappa shape index (κ1) is 18.7. The van der Waals surface area contributed by atoms with E-state index in [1.807, 2.05) is 30.3 Å². The maximum atomic E-state index is 13.8. The Kier molecular flexibility index (Phi) is 4.96. The minimum atomic E-state index is -3.85. The van der Waals surface area contributed by atoms with Gasteiger partial charge in [-0.3, -0.25) is 0 Å². The standard InChI is InChI=1S/C19H20FN3O4S/c20-13-8-16-18(10-22-19(16)17(21)9-13)28(24,25)23-6-7-26-15(11-23)12-27-14-4-2-1-3-5-14/h1-5,8-10,15,22H,6-7,11-12,21H2/t15-/m0/s1. The molecule has 3 aromatic rings. The van der Waals surface area contributed by atoms with Gasteiger partial charge < -0.3 is 20.2 Å². The number of ether oxygens (including phenoxy) is 2. The topological polar surface area (TPSA) is 97.7 Å². The van der Waals surface area contributed by atoms with E-state index in [4.69, 9.17) is 15.2 Å².